The van der Waals surface area contributed by atoms with Crippen LogP contribution in [0.2, 0.25) is 0 Å². The molecule has 0 amide bonds. The summed E-state index contributed by atoms with van der Waals surface area (Å²) < 4.78 is 38.5. The molecule has 4 heterocycles. The molecule has 0 bridgehead atoms. The minimum atomic E-state index is -0.594. The number of ether oxygens (including phenoxy) is 4. The number of imidazole rings is 1. The molecule has 2 aromatic heterocycles. The zero-order chi connectivity index (χ0) is 28.3. The summed E-state index contributed by atoms with van der Waals surface area (Å²) in [5, 5.41) is 8.89. The molecule has 0 saturated carbocycles. The molecule has 2 fully saturated rings. The van der Waals surface area contributed by atoms with Gasteiger partial charge < -0.3 is 23.5 Å². The van der Waals surface area contributed by atoms with Crippen LogP contribution in [0.1, 0.15) is 33.9 Å². The van der Waals surface area contributed by atoms with Gasteiger partial charge in [0.25, 0.3) is 0 Å². The summed E-state index contributed by atoms with van der Waals surface area (Å²) >= 11 is 0. The van der Waals surface area contributed by atoms with E-state index in [0.717, 1.165) is 36.0 Å². The van der Waals surface area contributed by atoms with Crippen LogP contribution in [-0.2, 0) is 29.2 Å². The van der Waals surface area contributed by atoms with Crippen LogP contribution in [0.4, 0.5) is 4.39 Å². The highest BCUT2D eigenvalue weighted by molar-refractivity contribution is 5.93. The van der Waals surface area contributed by atoms with Crippen molar-refractivity contribution in [3.63, 3.8) is 0 Å². The lowest BCUT2D eigenvalue weighted by atomic mass is 10.1. The topological polar surface area (TPSA) is 112 Å². The van der Waals surface area contributed by atoms with Crippen molar-refractivity contribution in [3.8, 4) is 17.7 Å². The minimum Gasteiger partial charge on any atom is -0.484 e. The van der Waals surface area contributed by atoms with Gasteiger partial charge in [-0.15, -0.1) is 0 Å². The molecule has 2 saturated heterocycles. The molecule has 2 aromatic carbocycles. The summed E-state index contributed by atoms with van der Waals surface area (Å²) in [5.41, 5.74) is 3.03. The number of pyridine rings is 1. The molecular weight excluding hydrogens is 529 g/mol. The molecule has 0 radical (unpaired) electrons. The van der Waals surface area contributed by atoms with Gasteiger partial charge in [0.15, 0.2) is 11.6 Å². The van der Waals surface area contributed by atoms with E-state index in [1.54, 1.807) is 18.2 Å². The van der Waals surface area contributed by atoms with Crippen molar-refractivity contribution in [2.45, 2.75) is 38.3 Å². The van der Waals surface area contributed by atoms with Crippen LogP contribution < -0.4 is 9.47 Å². The van der Waals surface area contributed by atoms with E-state index in [1.165, 1.54) is 19.2 Å². The fourth-order valence-corrected chi connectivity index (χ4v) is 4.91. The first kappa shape index (κ1) is 26.7. The molecule has 0 unspecified atom stereocenters. The predicted molar refractivity (Wildman–Crippen MR) is 145 cm³/mol. The second-order valence-corrected chi connectivity index (χ2v) is 10.1. The van der Waals surface area contributed by atoms with Gasteiger partial charge in [0.1, 0.15) is 18.5 Å². The molecule has 6 rings (SSSR count). The molecular formula is C30H28FN5O5. The van der Waals surface area contributed by atoms with Crippen molar-refractivity contribution < 1.29 is 28.1 Å². The Morgan fingerprint density at radius 3 is 2.76 bits per heavy atom. The third-order valence-electron chi connectivity index (χ3n) is 7.22. The van der Waals surface area contributed by atoms with Gasteiger partial charge in [0, 0.05) is 25.8 Å². The van der Waals surface area contributed by atoms with Crippen LogP contribution in [0, 0.1) is 17.1 Å². The Balaban J connectivity index is 1.07. The van der Waals surface area contributed by atoms with Gasteiger partial charge in [-0.25, -0.2) is 19.2 Å². The molecule has 2 aliphatic heterocycles. The third kappa shape index (κ3) is 5.84. The van der Waals surface area contributed by atoms with Gasteiger partial charge in [-0.1, -0.05) is 6.07 Å². The minimum absolute atomic E-state index is 0.0339. The number of carbonyl (C=O) groups is 1. The lowest BCUT2D eigenvalue weighted by Gasteiger charge is -2.38. The second kappa shape index (κ2) is 11.5. The number of likely N-dealkylation sites (tertiary alicyclic amines) is 1. The molecule has 210 valence electrons. The molecule has 0 spiro atoms. The Hall–Kier alpha value is -4.53. The van der Waals surface area contributed by atoms with Crippen molar-refractivity contribution >= 4 is 17.0 Å². The number of benzene rings is 2. The summed E-state index contributed by atoms with van der Waals surface area (Å²) in [7, 11) is 1.37. The average molecular weight is 558 g/mol. The van der Waals surface area contributed by atoms with Gasteiger partial charge in [-0.3, -0.25) is 4.90 Å². The first-order valence-corrected chi connectivity index (χ1v) is 13.4. The van der Waals surface area contributed by atoms with Crippen LogP contribution in [0.3, 0.4) is 0 Å². The smallest absolute Gasteiger partial charge is 0.337 e. The fourth-order valence-electron chi connectivity index (χ4n) is 4.91. The Morgan fingerprint density at radius 1 is 1.17 bits per heavy atom. The molecule has 1 atom stereocenters. The Morgan fingerprint density at radius 2 is 2.02 bits per heavy atom. The molecule has 2 aliphatic rings. The Kier molecular flexibility index (Phi) is 7.50. The van der Waals surface area contributed by atoms with Crippen LogP contribution in [0.25, 0.3) is 11.0 Å². The quantitative estimate of drug-likeness (QED) is 0.268. The highest BCUT2D eigenvalue weighted by atomic mass is 19.1. The van der Waals surface area contributed by atoms with Gasteiger partial charge >= 0.3 is 5.97 Å². The number of aromatic nitrogens is 3. The summed E-state index contributed by atoms with van der Waals surface area (Å²) in [6, 6.07) is 16.8. The lowest BCUT2D eigenvalue weighted by molar-refractivity contribution is -0.0596. The maximum Gasteiger partial charge on any atom is 0.337 e. The number of fused-ring (bicyclic) bond motifs is 1. The number of hydrogen-bond donors (Lipinski definition) is 0. The number of methoxy groups -OCH3 is 1. The van der Waals surface area contributed by atoms with Gasteiger partial charge in [-0.05, 0) is 48.9 Å². The number of esters is 1. The third-order valence-corrected chi connectivity index (χ3v) is 7.22. The van der Waals surface area contributed by atoms with E-state index in [9.17, 15) is 9.18 Å². The first-order chi connectivity index (χ1) is 20.0. The Labute approximate surface area is 235 Å². The SMILES string of the molecule is COC(=O)c1ccc2nc(CN3CC(Oc4cccc(COc5ccc(C#N)cc5F)n4)C3)n(C[C@@H]3CCO3)c2c1. The number of hydrogen-bond acceptors (Lipinski definition) is 9. The highest BCUT2D eigenvalue weighted by Gasteiger charge is 2.31. The van der Waals surface area contributed by atoms with E-state index >= 15 is 0 Å². The largest absolute Gasteiger partial charge is 0.484 e. The van der Waals surface area contributed by atoms with Gasteiger partial charge in [0.2, 0.25) is 5.88 Å². The van der Waals surface area contributed by atoms with E-state index in [2.05, 4.69) is 14.5 Å². The summed E-state index contributed by atoms with van der Waals surface area (Å²) in [4.78, 5) is 23.7. The number of nitriles is 1. The highest BCUT2D eigenvalue weighted by Crippen LogP contribution is 2.26. The van der Waals surface area contributed by atoms with Crippen LogP contribution >= 0.6 is 0 Å². The first-order valence-electron chi connectivity index (χ1n) is 13.4. The molecule has 4 aromatic rings. The standard InChI is InChI=1S/C30H28FN5O5/c1-38-30(37)20-6-7-25-26(12-20)36(16-22-9-10-39-22)28(34-25)17-35-14-23(15-35)41-29-4-2-3-21(33-29)18-40-27-8-5-19(13-32)11-24(27)31/h2-8,11-12,22-23H,9-10,14-18H2,1H3/t22-/m0/s1. The molecule has 0 aliphatic carbocycles. The van der Waals surface area contributed by atoms with Gasteiger partial charge in [0.05, 0.1) is 60.2 Å². The zero-order valence-corrected chi connectivity index (χ0v) is 22.5. The summed E-state index contributed by atoms with van der Waals surface area (Å²) in [6.45, 7) is 3.54. The molecule has 11 heteroatoms. The molecule has 41 heavy (non-hydrogen) atoms. The normalized spacial score (nSPS) is 17.0. The Bertz CT molecular complexity index is 1620. The molecule has 0 N–H and O–H groups in total. The second-order valence-electron chi connectivity index (χ2n) is 10.1. The fraction of sp³-hybridized carbons (Fsp3) is 0.333. The summed E-state index contributed by atoms with van der Waals surface area (Å²) in [5.74, 6) is 0.463. The molecule has 10 nitrogen and oxygen atoms in total. The van der Waals surface area contributed by atoms with Crippen molar-refractivity contribution in [2.24, 2.45) is 0 Å². The van der Waals surface area contributed by atoms with Crippen LogP contribution in [-0.4, -0.2) is 64.4 Å². The van der Waals surface area contributed by atoms with Crippen LogP contribution in [0.5, 0.6) is 11.6 Å². The van der Waals surface area contributed by atoms with E-state index in [0.29, 0.717) is 43.3 Å². The van der Waals surface area contributed by atoms with E-state index in [-0.39, 0.29) is 36.1 Å². The lowest BCUT2D eigenvalue weighted by Crippen LogP contribution is -2.53. The summed E-state index contributed by atoms with van der Waals surface area (Å²) in [6.07, 6.45) is 1.10. The van der Waals surface area contributed by atoms with Crippen molar-refractivity contribution in [1.82, 2.24) is 19.4 Å². The van der Waals surface area contributed by atoms with Gasteiger partial charge in [-0.2, -0.15) is 5.26 Å². The zero-order valence-electron chi connectivity index (χ0n) is 22.5. The number of carbonyl (C=O) groups excluding carboxylic acids is 1. The average Bonchev–Trinajstić information content (AvgIpc) is 3.28. The van der Waals surface area contributed by atoms with Crippen molar-refractivity contribution in [3.05, 3.63) is 83.1 Å². The van der Waals surface area contributed by atoms with Crippen molar-refractivity contribution in [1.29, 1.82) is 5.26 Å². The predicted octanol–water partition coefficient (Wildman–Crippen LogP) is 3.86. The monoisotopic (exact) mass is 557 g/mol. The maximum atomic E-state index is 14.1. The number of halogens is 1. The van der Waals surface area contributed by atoms with Crippen molar-refractivity contribution in [2.75, 3.05) is 26.8 Å². The van der Waals surface area contributed by atoms with Crippen LogP contribution in [0.15, 0.2) is 54.6 Å². The maximum absolute atomic E-state index is 14.1. The van der Waals surface area contributed by atoms with E-state index in [4.69, 9.17) is 29.2 Å². The number of rotatable bonds is 10. The number of nitrogens with zero attached hydrogens (tertiary/aromatic N) is 5. The van der Waals surface area contributed by atoms with E-state index in [1.807, 2.05) is 24.3 Å². The van der Waals surface area contributed by atoms with E-state index < -0.39 is 5.82 Å².